The smallest absolute Gasteiger partial charge is 0.314 e. The van der Waals surface area contributed by atoms with Crippen LogP contribution in [0.1, 0.15) is 31.9 Å². The minimum Gasteiger partial charge on any atom is -0.377 e. The van der Waals surface area contributed by atoms with E-state index in [1.54, 1.807) is 10.9 Å². The first-order valence-corrected chi connectivity index (χ1v) is 15.6. The zero-order chi connectivity index (χ0) is 32.2. The van der Waals surface area contributed by atoms with E-state index in [0.717, 1.165) is 24.2 Å². The van der Waals surface area contributed by atoms with E-state index in [9.17, 15) is 14.4 Å². The Bertz CT molecular complexity index is 946. The first kappa shape index (κ1) is 38.2. The molecular weight excluding hydrogens is 592 g/mol. The normalized spacial score (nSPS) is 12.9. The highest BCUT2D eigenvalue weighted by Crippen LogP contribution is 2.08. The van der Waals surface area contributed by atoms with Crippen LogP contribution in [-0.4, -0.2) is 143 Å². The highest BCUT2D eigenvalue weighted by Gasteiger charge is 2.24. The molecule has 1 aliphatic heterocycles. The summed E-state index contributed by atoms with van der Waals surface area (Å²) in [6, 6.07) is -0.160. The molecule has 0 bridgehead atoms. The molecule has 0 atom stereocenters. The number of carbonyl (C=O) groups is 3. The van der Waals surface area contributed by atoms with E-state index >= 15 is 0 Å². The van der Waals surface area contributed by atoms with Crippen LogP contribution in [0, 0.1) is 0 Å². The fourth-order valence-corrected chi connectivity index (χ4v) is 3.72. The van der Waals surface area contributed by atoms with Gasteiger partial charge in [0, 0.05) is 25.2 Å². The molecule has 0 saturated heterocycles. The number of rotatable bonds is 30. The molecule has 2 N–H and O–H groups in total. The van der Waals surface area contributed by atoms with Crippen LogP contribution in [0.15, 0.2) is 18.3 Å². The molecule has 16 nitrogen and oxygen atoms in total. The number of nitrogens with zero attached hydrogens (tertiary/aromatic N) is 4. The van der Waals surface area contributed by atoms with Gasteiger partial charge in [-0.3, -0.25) is 14.5 Å². The Morgan fingerprint density at radius 3 is 1.64 bits per heavy atom. The molecular formula is C29H50N6O10. The van der Waals surface area contributed by atoms with E-state index in [0.29, 0.717) is 118 Å². The van der Waals surface area contributed by atoms with Crippen LogP contribution < -0.4 is 10.6 Å². The maximum absolute atomic E-state index is 11.6. The van der Waals surface area contributed by atoms with Crippen LogP contribution in [0.2, 0.25) is 0 Å². The summed E-state index contributed by atoms with van der Waals surface area (Å²) in [5.74, 6) is -0.698. The molecule has 1 aromatic heterocycles. The van der Waals surface area contributed by atoms with Crippen LogP contribution in [0.5, 0.6) is 0 Å². The monoisotopic (exact) mass is 642 g/mol. The number of unbranched alkanes of at least 4 members (excludes halogenated alkanes) is 2. The maximum atomic E-state index is 11.6. The van der Waals surface area contributed by atoms with Gasteiger partial charge in [0.25, 0.3) is 11.8 Å². The van der Waals surface area contributed by atoms with Crippen LogP contribution in [-0.2, 0) is 55.8 Å². The molecule has 1 aromatic rings. The number of ether oxygens (including phenoxy) is 7. The second-order valence-corrected chi connectivity index (χ2v) is 9.75. The lowest BCUT2D eigenvalue weighted by atomic mass is 10.2. The third kappa shape index (κ3) is 19.9. The average Bonchev–Trinajstić information content (AvgIpc) is 3.62. The van der Waals surface area contributed by atoms with Crippen molar-refractivity contribution in [2.45, 2.75) is 39.3 Å². The minimum absolute atomic E-state index is 0.0966. The van der Waals surface area contributed by atoms with Crippen LogP contribution in [0.25, 0.3) is 0 Å². The molecule has 4 amide bonds. The van der Waals surface area contributed by atoms with Gasteiger partial charge in [0.1, 0.15) is 5.69 Å². The predicted octanol–water partition coefficient (Wildman–Crippen LogP) is 0.309. The van der Waals surface area contributed by atoms with E-state index < -0.39 is 0 Å². The Balaban J connectivity index is 1.22. The number of carbonyl (C=O) groups excluding carboxylic acids is 3. The summed E-state index contributed by atoms with van der Waals surface area (Å²) in [7, 11) is 0. The van der Waals surface area contributed by atoms with Crippen molar-refractivity contribution in [2.75, 3.05) is 106 Å². The molecule has 2 heterocycles. The first-order chi connectivity index (χ1) is 22.1. The lowest BCUT2D eigenvalue weighted by Crippen LogP contribution is -2.37. The summed E-state index contributed by atoms with van der Waals surface area (Å²) in [5, 5.41) is 13.5. The molecule has 0 saturated carbocycles. The van der Waals surface area contributed by atoms with Gasteiger partial charge in [-0.2, -0.15) is 0 Å². The lowest BCUT2D eigenvalue weighted by Gasteiger charge is -2.10. The molecule has 2 rings (SSSR count). The van der Waals surface area contributed by atoms with E-state index in [4.69, 9.17) is 33.2 Å². The molecule has 0 fully saturated rings. The van der Waals surface area contributed by atoms with Crippen molar-refractivity contribution in [1.29, 1.82) is 0 Å². The molecule has 16 heteroatoms. The fraction of sp³-hybridized carbons (Fsp3) is 0.759. The molecule has 0 radical (unpaired) electrons. The molecule has 0 spiro atoms. The van der Waals surface area contributed by atoms with Crippen molar-refractivity contribution in [2.24, 2.45) is 0 Å². The lowest BCUT2D eigenvalue weighted by molar-refractivity contribution is -0.137. The summed E-state index contributed by atoms with van der Waals surface area (Å²) in [6.07, 6.45) is 7.41. The molecule has 0 unspecified atom stereocenters. The summed E-state index contributed by atoms with van der Waals surface area (Å²) < 4.78 is 39.9. The Morgan fingerprint density at radius 1 is 0.667 bits per heavy atom. The molecule has 45 heavy (non-hydrogen) atoms. The highest BCUT2D eigenvalue weighted by molar-refractivity contribution is 6.12. The third-order valence-corrected chi connectivity index (χ3v) is 6.10. The molecule has 0 aliphatic carbocycles. The third-order valence-electron chi connectivity index (χ3n) is 6.10. The number of urea groups is 1. The van der Waals surface area contributed by atoms with Gasteiger partial charge in [0.15, 0.2) is 0 Å². The van der Waals surface area contributed by atoms with E-state index in [1.807, 2.05) is 0 Å². The highest BCUT2D eigenvalue weighted by atomic mass is 16.6. The van der Waals surface area contributed by atoms with E-state index in [1.165, 1.54) is 12.2 Å². The van der Waals surface area contributed by atoms with Crippen LogP contribution in [0.3, 0.4) is 0 Å². The number of aromatic nitrogens is 3. The van der Waals surface area contributed by atoms with Crippen molar-refractivity contribution in [3.8, 4) is 0 Å². The minimum atomic E-state index is -0.349. The standard InChI is InChI=1S/C29H50N6O10/c1-2-3-4-7-30-29(38)31-8-10-39-12-14-41-16-18-43-20-22-45-23-21-44-19-17-42-15-13-40-11-9-34-24-26(32-33-34)25-35-27(36)5-6-28(35)37/h5-6,24H,2-4,7-23,25H2,1H3,(H2,30,31,38). The van der Waals surface area contributed by atoms with Gasteiger partial charge in [0.2, 0.25) is 0 Å². The second-order valence-electron chi connectivity index (χ2n) is 9.75. The summed E-state index contributed by atoms with van der Waals surface area (Å²) in [6.45, 7) is 10.3. The van der Waals surface area contributed by atoms with Gasteiger partial charge in [-0.05, 0) is 6.42 Å². The topological polar surface area (TPSA) is 174 Å². The Labute approximate surface area is 265 Å². The SMILES string of the molecule is CCCCCNC(=O)NCCOCCOCCOCCOCCOCCOCCOCCn1cc(CN2C(=O)C=CC2=O)nn1. The molecule has 256 valence electrons. The Morgan fingerprint density at radius 2 is 1.13 bits per heavy atom. The quantitative estimate of drug-likeness (QED) is 0.0870. The van der Waals surface area contributed by atoms with E-state index in [-0.39, 0.29) is 24.4 Å². The Kier molecular flexibility index (Phi) is 22.3. The number of amides is 4. The maximum Gasteiger partial charge on any atom is 0.314 e. The molecule has 0 aromatic carbocycles. The molecule has 1 aliphatic rings. The van der Waals surface area contributed by atoms with Crippen molar-refractivity contribution in [1.82, 2.24) is 30.5 Å². The van der Waals surface area contributed by atoms with Crippen LogP contribution >= 0.6 is 0 Å². The zero-order valence-electron chi connectivity index (χ0n) is 26.5. The summed E-state index contributed by atoms with van der Waals surface area (Å²) >= 11 is 0. The van der Waals surface area contributed by atoms with E-state index in [2.05, 4.69) is 27.9 Å². The number of hydrogen-bond donors (Lipinski definition) is 2. The zero-order valence-corrected chi connectivity index (χ0v) is 26.5. The second kappa shape index (κ2) is 26.2. The van der Waals surface area contributed by atoms with Gasteiger partial charge in [-0.1, -0.05) is 25.0 Å². The average molecular weight is 643 g/mol. The van der Waals surface area contributed by atoms with Crippen LogP contribution in [0.4, 0.5) is 4.79 Å². The van der Waals surface area contributed by atoms with Crippen molar-refractivity contribution in [3.63, 3.8) is 0 Å². The number of imide groups is 1. The van der Waals surface area contributed by atoms with Gasteiger partial charge in [-0.25, -0.2) is 9.48 Å². The Hall–Kier alpha value is -2.99. The predicted molar refractivity (Wildman–Crippen MR) is 161 cm³/mol. The van der Waals surface area contributed by atoms with Gasteiger partial charge in [-0.15, -0.1) is 5.10 Å². The fourth-order valence-electron chi connectivity index (χ4n) is 3.72. The number of hydrogen-bond acceptors (Lipinski definition) is 12. The first-order valence-electron chi connectivity index (χ1n) is 15.6. The largest absolute Gasteiger partial charge is 0.377 e. The van der Waals surface area contributed by atoms with Crippen molar-refractivity contribution >= 4 is 17.8 Å². The van der Waals surface area contributed by atoms with Gasteiger partial charge in [0.05, 0.1) is 112 Å². The summed E-state index contributed by atoms with van der Waals surface area (Å²) in [4.78, 5) is 35.9. The van der Waals surface area contributed by atoms with Crippen molar-refractivity contribution in [3.05, 3.63) is 24.0 Å². The van der Waals surface area contributed by atoms with Gasteiger partial charge >= 0.3 is 6.03 Å². The summed E-state index contributed by atoms with van der Waals surface area (Å²) in [5.41, 5.74) is 0.532. The number of nitrogens with one attached hydrogen (secondary N) is 2. The van der Waals surface area contributed by atoms with Crippen molar-refractivity contribution < 1.29 is 47.5 Å². The van der Waals surface area contributed by atoms with Gasteiger partial charge < -0.3 is 43.8 Å².